The number of nitrogens with zero attached hydrogens (tertiary/aromatic N) is 2. The molecule has 0 aliphatic heterocycles. The zero-order valence-electron chi connectivity index (χ0n) is 9.65. The molecule has 6 heteroatoms. The van der Waals surface area contributed by atoms with Gasteiger partial charge in [0, 0.05) is 19.4 Å². The molecule has 1 aromatic heterocycles. The Hall–Kier alpha value is -2.24. The van der Waals surface area contributed by atoms with Crippen LogP contribution >= 0.6 is 0 Å². The molecule has 0 spiro atoms. The van der Waals surface area contributed by atoms with Crippen molar-refractivity contribution in [3.05, 3.63) is 53.6 Å². The van der Waals surface area contributed by atoms with Crippen LogP contribution in [0.2, 0.25) is 0 Å². The Labute approximate surface area is 102 Å². The number of H-pyrrole nitrogens is 1. The zero-order valence-corrected chi connectivity index (χ0v) is 9.65. The maximum absolute atomic E-state index is 13.4. The molecule has 0 unspecified atom stereocenters. The van der Waals surface area contributed by atoms with Gasteiger partial charge in [-0.3, -0.25) is 4.79 Å². The largest absolute Gasteiger partial charge is 0.347 e. The quantitative estimate of drug-likeness (QED) is 0.906. The summed E-state index contributed by atoms with van der Waals surface area (Å²) in [5.41, 5.74) is -0.288. The number of rotatable bonds is 3. The average molecular weight is 251 g/mol. The van der Waals surface area contributed by atoms with Crippen LogP contribution in [0.15, 0.2) is 30.6 Å². The minimum absolute atomic E-state index is 0.196. The first-order valence-corrected chi connectivity index (χ1v) is 5.26. The lowest BCUT2D eigenvalue weighted by atomic mass is 10.2. The summed E-state index contributed by atoms with van der Waals surface area (Å²) >= 11 is 0. The number of aromatic amines is 1. The van der Waals surface area contributed by atoms with Crippen molar-refractivity contribution in [2.24, 2.45) is 0 Å². The molecular formula is C12H11F2N3O. The number of benzene rings is 1. The van der Waals surface area contributed by atoms with Gasteiger partial charge in [0.15, 0.2) is 0 Å². The monoisotopic (exact) mass is 251 g/mol. The molecule has 1 amide bonds. The van der Waals surface area contributed by atoms with Gasteiger partial charge in [-0.05, 0) is 18.2 Å². The predicted molar refractivity (Wildman–Crippen MR) is 60.7 cm³/mol. The fraction of sp³-hybridized carbons (Fsp3) is 0.167. The molecule has 0 aliphatic rings. The van der Waals surface area contributed by atoms with Gasteiger partial charge in [-0.1, -0.05) is 0 Å². The maximum Gasteiger partial charge on any atom is 0.257 e. The van der Waals surface area contributed by atoms with Crippen molar-refractivity contribution in [2.45, 2.75) is 6.54 Å². The standard InChI is InChI=1S/C12H11F2N3O/c1-17(7-11-15-4-5-16-11)12(18)9-6-8(13)2-3-10(9)14/h2-6H,7H2,1H3,(H,15,16). The van der Waals surface area contributed by atoms with E-state index in [4.69, 9.17) is 0 Å². The number of carbonyl (C=O) groups is 1. The van der Waals surface area contributed by atoms with E-state index in [2.05, 4.69) is 9.97 Å². The molecule has 0 atom stereocenters. The van der Waals surface area contributed by atoms with Crippen LogP contribution in [0.25, 0.3) is 0 Å². The second-order valence-corrected chi connectivity index (χ2v) is 3.82. The lowest BCUT2D eigenvalue weighted by Crippen LogP contribution is -2.27. The fourth-order valence-corrected chi connectivity index (χ4v) is 1.55. The molecule has 1 heterocycles. The van der Waals surface area contributed by atoms with Crippen molar-refractivity contribution in [3.63, 3.8) is 0 Å². The van der Waals surface area contributed by atoms with E-state index in [0.29, 0.717) is 5.82 Å². The number of halogens is 2. The van der Waals surface area contributed by atoms with Crippen LogP contribution in [-0.2, 0) is 6.54 Å². The second-order valence-electron chi connectivity index (χ2n) is 3.82. The highest BCUT2D eigenvalue weighted by atomic mass is 19.1. The summed E-state index contributed by atoms with van der Waals surface area (Å²) < 4.78 is 26.4. The minimum Gasteiger partial charge on any atom is -0.347 e. The first kappa shape index (κ1) is 12.2. The van der Waals surface area contributed by atoms with Crippen molar-refractivity contribution >= 4 is 5.91 Å². The fourth-order valence-electron chi connectivity index (χ4n) is 1.55. The van der Waals surface area contributed by atoms with E-state index in [1.54, 1.807) is 12.4 Å². The van der Waals surface area contributed by atoms with Crippen LogP contribution in [0.3, 0.4) is 0 Å². The van der Waals surface area contributed by atoms with Crippen LogP contribution in [0, 0.1) is 11.6 Å². The van der Waals surface area contributed by atoms with Gasteiger partial charge in [-0.15, -0.1) is 0 Å². The van der Waals surface area contributed by atoms with Crippen molar-refractivity contribution in [3.8, 4) is 0 Å². The lowest BCUT2D eigenvalue weighted by molar-refractivity contribution is 0.0776. The predicted octanol–water partition coefficient (Wildman–Crippen LogP) is 1.96. The van der Waals surface area contributed by atoms with Crippen LogP contribution in [-0.4, -0.2) is 27.8 Å². The molecule has 0 aliphatic carbocycles. The van der Waals surface area contributed by atoms with Gasteiger partial charge in [-0.2, -0.15) is 0 Å². The number of amides is 1. The topological polar surface area (TPSA) is 49.0 Å². The van der Waals surface area contributed by atoms with Crippen molar-refractivity contribution in [1.82, 2.24) is 14.9 Å². The van der Waals surface area contributed by atoms with Gasteiger partial charge in [-0.25, -0.2) is 13.8 Å². The van der Waals surface area contributed by atoms with Gasteiger partial charge >= 0.3 is 0 Å². The zero-order chi connectivity index (χ0) is 13.1. The Bertz CT molecular complexity index is 554. The van der Waals surface area contributed by atoms with Crippen molar-refractivity contribution in [2.75, 3.05) is 7.05 Å². The Morgan fingerprint density at radius 1 is 1.44 bits per heavy atom. The first-order valence-electron chi connectivity index (χ1n) is 5.26. The summed E-state index contributed by atoms with van der Waals surface area (Å²) in [7, 11) is 1.50. The summed E-state index contributed by atoms with van der Waals surface area (Å²) in [5, 5.41) is 0. The molecule has 2 rings (SSSR count). The molecule has 2 aromatic rings. The molecule has 0 saturated heterocycles. The van der Waals surface area contributed by atoms with Crippen LogP contribution in [0.4, 0.5) is 8.78 Å². The van der Waals surface area contributed by atoms with Gasteiger partial charge in [0.2, 0.25) is 0 Å². The first-order chi connectivity index (χ1) is 8.58. The number of aromatic nitrogens is 2. The molecule has 4 nitrogen and oxygen atoms in total. The van der Waals surface area contributed by atoms with Crippen LogP contribution in [0.1, 0.15) is 16.2 Å². The summed E-state index contributed by atoms with van der Waals surface area (Å²) in [4.78, 5) is 20.0. The summed E-state index contributed by atoms with van der Waals surface area (Å²) in [6.07, 6.45) is 3.17. The third-order valence-corrected chi connectivity index (χ3v) is 2.45. The summed E-state index contributed by atoms with van der Waals surface area (Å²) in [6.45, 7) is 0.196. The van der Waals surface area contributed by atoms with E-state index in [0.717, 1.165) is 18.2 Å². The minimum atomic E-state index is -0.743. The van der Waals surface area contributed by atoms with E-state index < -0.39 is 17.5 Å². The molecule has 0 fully saturated rings. The van der Waals surface area contributed by atoms with E-state index in [1.807, 2.05) is 0 Å². The van der Waals surface area contributed by atoms with E-state index in [9.17, 15) is 13.6 Å². The Balaban J connectivity index is 2.17. The molecule has 1 N–H and O–H groups in total. The second kappa shape index (κ2) is 4.95. The SMILES string of the molecule is CN(Cc1ncc[nH]1)C(=O)c1cc(F)ccc1F. The molecule has 94 valence electrons. The molecular weight excluding hydrogens is 240 g/mol. The summed E-state index contributed by atoms with van der Waals surface area (Å²) in [5.74, 6) is -1.41. The van der Waals surface area contributed by atoms with Gasteiger partial charge in [0.1, 0.15) is 17.5 Å². The Morgan fingerprint density at radius 2 is 2.22 bits per heavy atom. The number of imidazole rings is 1. The molecule has 0 bridgehead atoms. The number of hydrogen-bond donors (Lipinski definition) is 1. The average Bonchev–Trinajstić information content (AvgIpc) is 2.84. The number of nitrogens with one attached hydrogen (secondary N) is 1. The van der Waals surface area contributed by atoms with E-state index in [1.165, 1.54) is 11.9 Å². The van der Waals surface area contributed by atoms with Gasteiger partial charge in [0.25, 0.3) is 5.91 Å². The van der Waals surface area contributed by atoms with Gasteiger partial charge in [0.05, 0.1) is 12.1 Å². The maximum atomic E-state index is 13.4. The van der Waals surface area contributed by atoms with Crippen molar-refractivity contribution < 1.29 is 13.6 Å². The highest BCUT2D eigenvalue weighted by Crippen LogP contribution is 2.12. The highest BCUT2D eigenvalue weighted by Gasteiger charge is 2.17. The van der Waals surface area contributed by atoms with Gasteiger partial charge < -0.3 is 9.88 Å². The third-order valence-electron chi connectivity index (χ3n) is 2.45. The van der Waals surface area contributed by atoms with Crippen LogP contribution < -0.4 is 0 Å². The number of carbonyl (C=O) groups excluding carboxylic acids is 1. The summed E-state index contributed by atoms with van der Waals surface area (Å²) in [6, 6.07) is 2.79. The van der Waals surface area contributed by atoms with Crippen molar-refractivity contribution in [1.29, 1.82) is 0 Å². The molecule has 18 heavy (non-hydrogen) atoms. The molecule has 0 saturated carbocycles. The van der Waals surface area contributed by atoms with E-state index >= 15 is 0 Å². The Kier molecular flexibility index (Phi) is 3.36. The number of hydrogen-bond acceptors (Lipinski definition) is 2. The Morgan fingerprint density at radius 3 is 2.89 bits per heavy atom. The van der Waals surface area contributed by atoms with Crippen LogP contribution in [0.5, 0.6) is 0 Å². The normalized spacial score (nSPS) is 10.4. The van der Waals surface area contributed by atoms with E-state index in [-0.39, 0.29) is 12.1 Å². The molecule has 0 radical (unpaired) electrons. The third kappa shape index (κ3) is 2.53. The smallest absolute Gasteiger partial charge is 0.257 e. The molecule has 1 aromatic carbocycles. The highest BCUT2D eigenvalue weighted by molar-refractivity contribution is 5.94. The lowest BCUT2D eigenvalue weighted by Gasteiger charge is -2.16.